The van der Waals surface area contributed by atoms with Crippen LogP contribution in [0.5, 0.6) is 0 Å². The van der Waals surface area contributed by atoms with Gasteiger partial charge in [0.2, 0.25) is 0 Å². The van der Waals surface area contributed by atoms with Crippen molar-refractivity contribution in [3.63, 3.8) is 0 Å². The van der Waals surface area contributed by atoms with E-state index in [1.807, 2.05) is 26.0 Å². The Morgan fingerprint density at radius 2 is 1.76 bits per heavy atom. The van der Waals surface area contributed by atoms with Crippen LogP contribution in [0.1, 0.15) is 31.1 Å². The third-order valence-corrected chi connectivity index (χ3v) is 3.94. The van der Waals surface area contributed by atoms with E-state index in [1.54, 1.807) is 12.4 Å². The lowest BCUT2D eigenvalue weighted by molar-refractivity contribution is 0.164. The number of carbonyl (C=O) groups is 1. The Kier molecular flexibility index (Phi) is 6.03. The molecule has 1 atom stereocenters. The molecule has 0 spiro atoms. The molecular weight excluding hydrogens is 328 g/mol. The highest BCUT2D eigenvalue weighted by Crippen LogP contribution is 2.21. The summed E-state index contributed by atoms with van der Waals surface area (Å²) in [5, 5.41) is 15.0. The monoisotopic (exact) mass is 349 g/mol. The molecule has 134 valence electrons. The highest BCUT2D eigenvalue weighted by Gasteiger charge is 2.22. The molecular formula is C18H21F2N3O2. The Balaban J connectivity index is 1.87. The van der Waals surface area contributed by atoms with E-state index in [1.165, 1.54) is 6.07 Å². The van der Waals surface area contributed by atoms with Crippen LogP contribution in [0.25, 0.3) is 0 Å². The van der Waals surface area contributed by atoms with E-state index in [0.717, 1.165) is 17.7 Å². The van der Waals surface area contributed by atoms with Gasteiger partial charge in [-0.2, -0.15) is 0 Å². The fourth-order valence-electron chi connectivity index (χ4n) is 2.39. The van der Waals surface area contributed by atoms with Gasteiger partial charge in [-0.3, -0.25) is 4.98 Å². The molecule has 0 aliphatic rings. The molecule has 0 bridgehead atoms. The predicted octanol–water partition coefficient (Wildman–Crippen LogP) is 2.67. The van der Waals surface area contributed by atoms with Gasteiger partial charge in [0.25, 0.3) is 0 Å². The van der Waals surface area contributed by atoms with Gasteiger partial charge in [0.1, 0.15) is 17.7 Å². The van der Waals surface area contributed by atoms with Crippen LogP contribution in [0.2, 0.25) is 0 Å². The second kappa shape index (κ2) is 8.02. The van der Waals surface area contributed by atoms with Crippen molar-refractivity contribution in [3.8, 4) is 0 Å². The second-order valence-corrected chi connectivity index (χ2v) is 6.33. The Hall–Kier alpha value is -2.54. The van der Waals surface area contributed by atoms with Crippen molar-refractivity contribution in [1.82, 2.24) is 15.6 Å². The third kappa shape index (κ3) is 4.96. The number of rotatable bonds is 6. The minimum Gasteiger partial charge on any atom is -0.386 e. The molecule has 0 radical (unpaired) electrons. The summed E-state index contributed by atoms with van der Waals surface area (Å²) in [6, 6.07) is 6.52. The predicted molar refractivity (Wildman–Crippen MR) is 90.0 cm³/mol. The summed E-state index contributed by atoms with van der Waals surface area (Å²) in [6.45, 7) is 3.96. The molecule has 7 heteroatoms. The number of aliphatic hydroxyl groups is 1. The standard InChI is InChI=1S/C18H21F2N3O2/c1-18(2,12-6-8-21-9-7-12)11-23-17(25)22-10-15(24)16-13(19)4-3-5-14(16)20/h3-9,15,24H,10-11H2,1-2H3,(H2,22,23,25). The van der Waals surface area contributed by atoms with Gasteiger partial charge in [-0.25, -0.2) is 13.6 Å². The molecule has 2 amide bonds. The zero-order chi connectivity index (χ0) is 18.4. The Labute approximate surface area is 145 Å². The van der Waals surface area contributed by atoms with Crippen LogP contribution in [0.4, 0.5) is 13.6 Å². The summed E-state index contributed by atoms with van der Waals surface area (Å²) in [4.78, 5) is 15.9. The van der Waals surface area contributed by atoms with Crippen LogP contribution in [0.15, 0.2) is 42.7 Å². The minimum atomic E-state index is -1.47. The van der Waals surface area contributed by atoms with Crippen molar-refractivity contribution in [1.29, 1.82) is 0 Å². The number of aromatic nitrogens is 1. The third-order valence-electron chi connectivity index (χ3n) is 3.94. The minimum absolute atomic E-state index is 0.306. The lowest BCUT2D eigenvalue weighted by Gasteiger charge is -2.25. The summed E-state index contributed by atoms with van der Waals surface area (Å²) < 4.78 is 27.2. The number of pyridine rings is 1. The first-order valence-electron chi connectivity index (χ1n) is 7.85. The highest BCUT2D eigenvalue weighted by molar-refractivity contribution is 5.74. The smallest absolute Gasteiger partial charge is 0.314 e. The number of hydrogen-bond donors (Lipinski definition) is 3. The quantitative estimate of drug-likeness (QED) is 0.751. The van der Waals surface area contributed by atoms with Crippen molar-refractivity contribution >= 4 is 6.03 Å². The first-order valence-corrected chi connectivity index (χ1v) is 7.85. The lowest BCUT2D eigenvalue weighted by atomic mass is 9.85. The molecule has 1 heterocycles. The van der Waals surface area contributed by atoms with Gasteiger partial charge in [0.05, 0.1) is 5.56 Å². The first kappa shape index (κ1) is 18.8. The summed E-state index contributed by atoms with van der Waals surface area (Å²) in [6.07, 6.45) is 1.88. The number of nitrogens with zero attached hydrogens (tertiary/aromatic N) is 1. The van der Waals surface area contributed by atoms with E-state index in [0.29, 0.717) is 6.54 Å². The van der Waals surface area contributed by atoms with Crippen molar-refractivity contribution in [2.24, 2.45) is 0 Å². The van der Waals surface area contributed by atoms with Gasteiger partial charge in [-0.15, -0.1) is 0 Å². The normalized spacial score (nSPS) is 12.5. The Morgan fingerprint density at radius 1 is 1.16 bits per heavy atom. The fourth-order valence-corrected chi connectivity index (χ4v) is 2.39. The molecule has 0 aliphatic heterocycles. The number of halogens is 2. The average molecular weight is 349 g/mol. The lowest BCUT2D eigenvalue weighted by Crippen LogP contribution is -2.43. The van der Waals surface area contributed by atoms with Crippen molar-refractivity contribution in [2.45, 2.75) is 25.4 Å². The average Bonchev–Trinajstić information content (AvgIpc) is 2.59. The molecule has 25 heavy (non-hydrogen) atoms. The van der Waals surface area contributed by atoms with E-state index in [9.17, 15) is 18.7 Å². The number of urea groups is 1. The molecule has 5 nitrogen and oxygen atoms in total. The second-order valence-electron chi connectivity index (χ2n) is 6.33. The van der Waals surface area contributed by atoms with E-state index >= 15 is 0 Å². The van der Waals surface area contributed by atoms with Gasteiger partial charge < -0.3 is 15.7 Å². The van der Waals surface area contributed by atoms with Gasteiger partial charge in [0, 0.05) is 30.9 Å². The number of nitrogens with one attached hydrogen (secondary N) is 2. The van der Waals surface area contributed by atoms with E-state index in [4.69, 9.17) is 0 Å². The van der Waals surface area contributed by atoms with Crippen molar-refractivity contribution in [2.75, 3.05) is 13.1 Å². The molecule has 1 aromatic carbocycles. The van der Waals surface area contributed by atoms with Crippen molar-refractivity contribution in [3.05, 3.63) is 65.5 Å². The van der Waals surface area contributed by atoms with E-state index < -0.39 is 29.3 Å². The molecule has 2 aromatic rings. The van der Waals surface area contributed by atoms with Crippen LogP contribution in [-0.2, 0) is 5.41 Å². The number of amides is 2. The SMILES string of the molecule is CC(C)(CNC(=O)NCC(O)c1c(F)cccc1F)c1ccncc1. The topological polar surface area (TPSA) is 74.2 Å². The molecule has 1 unspecified atom stereocenters. The van der Waals surface area contributed by atoms with Crippen LogP contribution >= 0.6 is 0 Å². The van der Waals surface area contributed by atoms with Crippen LogP contribution in [0.3, 0.4) is 0 Å². The van der Waals surface area contributed by atoms with Gasteiger partial charge in [-0.1, -0.05) is 19.9 Å². The Bertz CT molecular complexity index is 703. The number of hydrogen-bond acceptors (Lipinski definition) is 3. The number of carbonyl (C=O) groups excluding carboxylic acids is 1. The van der Waals surface area contributed by atoms with Crippen molar-refractivity contribution < 1.29 is 18.7 Å². The summed E-state index contributed by atoms with van der Waals surface area (Å²) in [5.41, 5.74) is 0.229. The first-order chi connectivity index (χ1) is 11.8. The molecule has 0 aliphatic carbocycles. The molecule has 0 saturated carbocycles. The fraction of sp³-hybridized carbons (Fsp3) is 0.333. The highest BCUT2D eigenvalue weighted by atomic mass is 19.1. The summed E-state index contributed by atoms with van der Waals surface area (Å²) in [7, 11) is 0. The summed E-state index contributed by atoms with van der Waals surface area (Å²) in [5.74, 6) is -1.71. The molecule has 0 saturated heterocycles. The van der Waals surface area contributed by atoms with Gasteiger partial charge in [-0.05, 0) is 29.8 Å². The maximum absolute atomic E-state index is 13.6. The molecule has 1 aromatic heterocycles. The molecule has 2 rings (SSSR count). The maximum atomic E-state index is 13.6. The zero-order valence-electron chi connectivity index (χ0n) is 14.1. The zero-order valence-corrected chi connectivity index (χ0v) is 14.1. The van der Waals surface area contributed by atoms with Crippen LogP contribution < -0.4 is 10.6 Å². The molecule has 0 fully saturated rings. The van der Waals surface area contributed by atoms with Gasteiger partial charge in [0.15, 0.2) is 0 Å². The van der Waals surface area contributed by atoms with E-state index in [-0.39, 0.29) is 12.0 Å². The van der Waals surface area contributed by atoms with E-state index in [2.05, 4.69) is 15.6 Å². The molecule has 3 N–H and O–H groups in total. The van der Waals surface area contributed by atoms with Gasteiger partial charge >= 0.3 is 6.03 Å². The number of benzene rings is 1. The summed E-state index contributed by atoms with van der Waals surface area (Å²) >= 11 is 0. The maximum Gasteiger partial charge on any atom is 0.314 e. The number of aliphatic hydroxyl groups excluding tert-OH is 1. The van der Waals surface area contributed by atoms with Crippen LogP contribution in [0, 0.1) is 11.6 Å². The largest absolute Gasteiger partial charge is 0.386 e. The Morgan fingerprint density at radius 3 is 2.36 bits per heavy atom. The van der Waals surface area contributed by atoms with Crippen LogP contribution in [-0.4, -0.2) is 29.2 Å².